The molecule has 1 aromatic carbocycles. The number of pyridine rings is 1. The number of nitrogens with zero attached hydrogens (tertiary/aromatic N) is 2. The lowest BCUT2D eigenvalue weighted by Crippen LogP contribution is -2.15. The van der Waals surface area contributed by atoms with Crippen molar-refractivity contribution in [3.8, 4) is 5.88 Å². The molecule has 0 fully saturated rings. The molecule has 0 amide bonds. The van der Waals surface area contributed by atoms with E-state index < -0.39 is 13.0 Å². The maximum Gasteiger partial charge on any atom is 0.272 e. The third kappa shape index (κ3) is 2.87. The van der Waals surface area contributed by atoms with Gasteiger partial charge in [0.25, 0.3) is 6.43 Å². The summed E-state index contributed by atoms with van der Waals surface area (Å²) in [6.45, 7) is -0.763. The molecule has 0 saturated carbocycles. The first-order valence-corrected chi connectivity index (χ1v) is 5.40. The second kappa shape index (κ2) is 5.47. The van der Waals surface area contributed by atoms with Gasteiger partial charge in [0.05, 0.1) is 5.52 Å². The van der Waals surface area contributed by atoms with E-state index in [1.165, 1.54) is 6.07 Å². The van der Waals surface area contributed by atoms with Gasteiger partial charge in [0.15, 0.2) is 12.4 Å². The van der Waals surface area contributed by atoms with Crippen LogP contribution in [0, 0.1) is 0 Å². The number of alkyl halides is 2. The van der Waals surface area contributed by atoms with E-state index in [4.69, 9.17) is 15.7 Å². The first-order chi connectivity index (χ1) is 9.11. The Morgan fingerprint density at radius 1 is 1.42 bits per heavy atom. The van der Waals surface area contributed by atoms with Gasteiger partial charge in [-0.2, -0.15) is 0 Å². The second-order valence-corrected chi connectivity index (χ2v) is 3.71. The van der Waals surface area contributed by atoms with Gasteiger partial charge in [-0.15, -0.1) is 0 Å². The summed E-state index contributed by atoms with van der Waals surface area (Å²) in [4.78, 5) is 4.08. The summed E-state index contributed by atoms with van der Waals surface area (Å²) < 4.78 is 29.1. The average molecular weight is 267 g/mol. The highest BCUT2D eigenvalue weighted by Crippen LogP contribution is 2.22. The standard InChI is InChI=1S/C12H11F2N3O2/c13-10(14)6-19-11-5-8(12(15)17-18)7-3-1-2-4-9(7)16-11/h1-5,10,18H,6H2,(H2,15,17). The number of nitrogens with two attached hydrogens (primary N) is 1. The number of rotatable bonds is 4. The van der Waals surface area contributed by atoms with Crippen LogP contribution in [0.4, 0.5) is 8.78 Å². The van der Waals surface area contributed by atoms with Crippen LogP contribution >= 0.6 is 0 Å². The van der Waals surface area contributed by atoms with E-state index in [2.05, 4.69) is 10.1 Å². The fourth-order valence-corrected chi connectivity index (χ4v) is 1.64. The van der Waals surface area contributed by atoms with Gasteiger partial charge in [-0.3, -0.25) is 0 Å². The lowest BCUT2D eigenvalue weighted by atomic mass is 10.1. The molecule has 2 rings (SSSR count). The van der Waals surface area contributed by atoms with Crippen LogP contribution in [0.1, 0.15) is 5.56 Å². The van der Waals surface area contributed by atoms with Gasteiger partial charge in [0.2, 0.25) is 5.88 Å². The molecule has 100 valence electrons. The van der Waals surface area contributed by atoms with Gasteiger partial charge in [-0.25, -0.2) is 13.8 Å². The molecule has 7 heteroatoms. The highest BCUT2D eigenvalue weighted by molar-refractivity contribution is 6.08. The Morgan fingerprint density at radius 3 is 2.84 bits per heavy atom. The van der Waals surface area contributed by atoms with Crippen molar-refractivity contribution in [3.05, 3.63) is 35.9 Å². The third-order valence-corrected chi connectivity index (χ3v) is 2.43. The van der Waals surface area contributed by atoms with Crippen LogP contribution in [-0.4, -0.2) is 29.1 Å². The number of para-hydroxylation sites is 1. The Kier molecular flexibility index (Phi) is 3.74. The van der Waals surface area contributed by atoms with Crippen LogP contribution < -0.4 is 10.5 Å². The zero-order valence-electron chi connectivity index (χ0n) is 9.75. The molecule has 1 heterocycles. The van der Waals surface area contributed by atoms with Gasteiger partial charge < -0.3 is 15.7 Å². The van der Waals surface area contributed by atoms with Gasteiger partial charge in [-0.05, 0) is 6.07 Å². The fraction of sp³-hybridized carbons (Fsp3) is 0.167. The quantitative estimate of drug-likeness (QED) is 0.384. The molecule has 0 radical (unpaired) electrons. The summed E-state index contributed by atoms with van der Waals surface area (Å²) in [5.74, 6) is -0.138. The number of halogens is 2. The molecule has 3 N–H and O–H groups in total. The van der Waals surface area contributed by atoms with E-state index in [1.807, 2.05) is 0 Å². The molecule has 19 heavy (non-hydrogen) atoms. The van der Waals surface area contributed by atoms with E-state index in [0.717, 1.165) is 0 Å². The summed E-state index contributed by atoms with van der Waals surface area (Å²) in [7, 11) is 0. The summed E-state index contributed by atoms with van der Waals surface area (Å²) in [5, 5.41) is 12.3. The van der Waals surface area contributed by atoms with Crippen LogP contribution in [0.15, 0.2) is 35.5 Å². The van der Waals surface area contributed by atoms with E-state index in [1.54, 1.807) is 24.3 Å². The Morgan fingerprint density at radius 2 is 2.16 bits per heavy atom. The molecular weight excluding hydrogens is 256 g/mol. The Hall–Kier alpha value is -2.44. The molecule has 0 aliphatic rings. The van der Waals surface area contributed by atoms with Crippen LogP contribution in [0.25, 0.3) is 10.9 Å². The summed E-state index contributed by atoms with van der Waals surface area (Å²) >= 11 is 0. The number of fused-ring (bicyclic) bond motifs is 1. The SMILES string of the molecule is N/C(=N/O)c1cc(OCC(F)F)nc2ccccc12. The predicted octanol–water partition coefficient (Wildman–Crippen LogP) is 1.97. The highest BCUT2D eigenvalue weighted by Gasteiger charge is 2.11. The Labute approximate surface area is 107 Å². The second-order valence-electron chi connectivity index (χ2n) is 3.71. The maximum atomic E-state index is 12.1. The molecule has 0 spiro atoms. The molecule has 0 unspecified atom stereocenters. The molecule has 0 bridgehead atoms. The highest BCUT2D eigenvalue weighted by atomic mass is 19.3. The number of aromatic nitrogens is 1. The Bertz CT molecular complexity index is 617. The number of ether oxygens (including phenoxy) is 1. The van der Waals surface area contributed by atoms with E-state index in [9.17, 15) is 8.78 Å². The van der Waals surface area contributed by atoms with Crippen LogP contribution in [0.5, 0.6) is 5.88 Å². The van der Waals surface area contributed by atoms with E-state index >= 15 is 0 Å². The molecule has 0 saturated heterocycles. The van der Waals surface area contributed by atoms with Gasteiger partial charge >= 0.3 is 0 Å². The van der Waals surface area contributed by atoms with Gasteiger partial charge in [0, 0.05) is 17.0 Å². The van der Waals surface area contributed by atoms with Crippen molar-refractivity contribution in [2.75, 3.05) is 6.61 Å². The van der Waals surface area contributed by atoms with Gasteiger partial charge in [0.1, 0.15) is 0 Å². The van der Waals surface area contributed by atoms with E-state index in [-0.39, 0.29) is 11.7 Å². The van der Waals surface area contributed by atoms with Crippen molar-refractivity contribution in [2.24, 2.45) is 10.9 Å². The lowest BCUT2D eigenvalue weighted by molar-refractivity contribution is 0.0797. The van der Waals surface area contributed by atoms with Crippen molar-refractivity contribution < 1.29 is 18.7 Å². The number of oxime groups is 1. The predicted molar refractivity (Wildman–Crippen MR) is 65.8 cm³/mol. The molecular formula is C12H11F2N3O2. The third-order valence-electron chi connectivity index (χ3n) is 2.43. The average Bonchev–Trinajstić information content (AvgIpc) is 2.43. The summed E-state index contributed by atoms with van der Waals surface area (Å²) in [5.41, 5.74) is 6.44. The Balaban J connectivity index is 2.50. The minimum Gasteiger partial charge on any atom is -0.472 e. The normalized spacial score (nSPS) is 12.1. The first kappa shape index (κ1) is 13.0. The lowest BCUT2D eigenvalue weighted by Gasteiger charge is -2.09. The van der Waals surface area contributed by atoms with Crippen LogP contribution in [0.3, 0.4) is 0 Å². The number of hydrogen-bond acceptors (Lipinski definition) is 4. The number of hydrogen-bond donors (Lipinski definition) is 2. The zero-order chi connectivity index (χ0) is 13.8. The zero-order valence-corrected chi connectivity index (χ0v) is 9.75. The minimum atomic E-state index is -2.60. The number of benzene rings is 1. The number of amidine groups is 1. The molecule has 5 nitrogen and oxygen atoms in total. The summed E-state index contributed by atoms with van der Waals surface area (Å²) in [6, 6.07) is 8.27. The fourth-order valence-electron chi connectivity index (χ4n) is 1.64. The molecule has 2 aromatic rings. The topological polar surface area (TPSA) is 80.7 Å². The van der Waals surface area contributed by atoms with Crippen molar-refractivity contribution in [2.45, 2.75) is 6.43 Å². The first-order valence-electron chi connectivity index (χ1n) is 5.40. The summed E-state index contributed by atoms with van der Waals surface area (Å²) in [6.07, 6.45) is -2.60. The largest absolute Gasteiger partial charge is 0.472 e. The molecule has 0 aliphatic carbocycles. The van der Waals surface area contributed by atoms with Gasteiger partial charge in [-0.1, -0.05) is 23.4 Å². The molecule has 1 aromatic heterocycles. The van der Waals surface area contributed by atoms with Crippen LogP contribution in [0.2, 0.25) is 0 Å². The molecule has 0 aliphatic heterocycles. The van der Waals surface area contributed by atoms with Crippen molar-refractivity contribution >= 4 is 16.7 Å². The van der Waals surface area contributed by atoms with Crippen molar-refractivity contribution in [3.63, 3.8) is 0 Å². The maximum absolute atomic E-state index is 12.1. The van der Waals surface area contributed by atoms with E-state index in [0.29, 0.717) is 16.5 Å². The smallest absolute Gasteiger partial charge is 0.272 e. The monoisotopic (exact) mass is 267 g/mol. The van der Waals surface area contributed by atoms with Crippen molar-refractivity contribution in [1.29, 1.82) is 0 Å². The minimum absolute atomic E-state index is 0.000556. The van der Waals surface area contributed by atoms with Crippen molar-refractivity contribution in [1.82, 2.24) is 4.98 Å². The molecule has 0 atom stereocenters. The van der Waals surface area contributed by atoms with Crippen LogP contribution in [-0.2, 0) is 0 Å².